The number of benzene rings is 1. The van der Waals surface area contributed by atoms with Crippen LogP contribution in [0.4, 0.5) is 0 Å². The minimum Gasteiger partial charge on any atom is -0.478 e. The van der Waals surface area contributed by atoms with E-state index in [9.17, 15) is 14.7 Å². The molecular weight excluding hydrogens is 302 g/mol. The summed E-state index contributed by atoms with van der Waals surface area (Å²) in [5.74, 6) is 0.313. The summed E-state index contributed by atoms with van der Waals surface area (Å²) < 4.78 is 0. The summed E-state index contributed by atoms with van der Waals surface area (Å²) in [6.07, 6.45) is 7.73. The number of likely N-dealkylation sites (tertiary alicyclic amines) is 1. The van der Waals surface area contributed by atoms with Crippen LogP contribution in [0.25, 0.3) is 6.08 Å². The molecule has 1 aliphatic heterocycles. The predicted octanol–water partition coefficient (Wildman–Crippen LogP) is 3.58. The molecule has 1 amide bonds. The molecule has 1 N–H and O–H groups in total. The standard InChI is InChI=1S/C20H25NO3/c22-19(21-11-10-16-8-4-5-9-17(16)14-21)13-18(20(23)24)12-15-6-2-1-3-7-15/h1-3,6-7,12,16-17H,4-5,8-11,13-14H2,(H,23,24). The number of carboxylic acids is 1. The highest BCUT2D eigenvalue weighted by Gasteiger charge is 2.33. The van der Waals surface area contributed by atoms with Crippen LogP contribution >= 0.6 is 0 Å². The first-order valence-electron chi connectivity index (χ1n) is 8.90. The Labute approximate surface area is 143 Å². The molecule has 4 nitrogen and oxygen atoms in total. The summed E-state index contributed by atoms with van der Waals surface area (Å²) in [5, 5.41) is 9.43. The highest BCUT2D eigenvalue weighted by atomic mass is 16.4. The van der Waals surface area contributed by atoms with Gasteiger partial charge in [-0.3, -0.25) is 4.79 Å². The van der Waals surface area contributed by atoms with E-state index in [1.165, 1.54) is 25.7 Å². The lowest BCUT2D eigenvalue weighted by Crippen LogP contribution is -2.45. The molecule has 1 heterocycles. The zero-order chi connectivity index (χ0) is 16.9. The Balaban J connectivity index is 1.66. The van der Waals surface area contributed by atoms with Gasteiger partial charge in [-0.25, -0.2) is 4.79 Å². The lowest BCUT2D eigenvalue weighted by atomic mass is 9.75. The van der Waals surface area contributed by atoms with Gasteiger partial charge in [0.2, 0.25) is 5.91 Å². The first kappa shape index (κ1) is 16.7. The van der Waals surface area contributed by atoms with E-state index >= 15 is 0 Å². The second-order valence-corrected chi connectivity index (χ2v) is 7.00. The summed E-state index contributed by atoms with van der Waals surface area (Å²) in [4.78, 5) is 26.0. The zero-order valence-electron chi connectivity index (χ0n) is 14.0. The van der Waals surface area contributed by atoms with E-state index in [1.54, 1.807) is 6.08 Å². The van der Waals surface area contributed by atoms with E-state index in [2.05, 4.69) is 0 Å². The molecule has 1 aromatic carbocycles. The van der Waals surface area contributed by atoms with Crippen LogP contribution in [-0.2, 0) is 9.59 Å². The van der Waals surface area contributed by atoms with Crippen LogP contribution in [0.3, 0.4) is 0 Å². The van der Waals surface area contributed by atoms with Crippen LogP contribution in [0.15, 0.2) is 35.9 Å². The summed E-state index contributed by atoms with van der Waals surface area (Å²) >= 11 is 0. The smallest absolute Gasteiger partial charge is 0.332 e. The van der Waals surface area contributed by atoms with E-state index < -0.39 is 5.97 Å². The first-order valence-corrected chi connectivity index (χ1v) is 8.90. The van der Waals surface area contributed by atoms with Crippen molar-refractivity contribution >= 4 is 18.0 Å². The number of carbonyl (C=O) groups excluding carboxylic acids is 1. The molecule has 2 aliphatic rings. The monoisotopic (exact) mass is 327 g/mol. The van der Waals surface area contributed by atoms with Crippen LogP contribution in [0.2, 0.25) is 0 Å². The van der Waals surface area contributed by atoms with Crippen molar-refractivity contribution in [2.75, 3.05) is 13.1 Å². The second kappa shape index (κ2) is 7.65. The van der Waals surface area contributed by atoms with Gasteiger partial charge in [0.15, 0.2) is 0 Å². The number of nitrogens with zero attached hydrogens (tertiary/aromatic N) is 1. The average Bonchev–Trinajstić information content (AvgIpc) is 2.61. The van der Waals surface area contributed by atoms with Crippen LogP contribution in [-0.4, -0.2) is 35.0 Å². The number of fused-ring (bicyclic) bond motifs is 1. The van der Waals surface area contributed by atoms with Gasteiger partial charge < -0.3 is 10.0 Å². The third kappa shape index (κ3) is 4.05. The fourth-order valence-electron chi connectivity index (χ4n) is 4.04. The minimum atomic E-state index is -1.01. The van der Waals surface area contributed by atoms with Crippen molar-refractivity contribution in [3.05, 3.63) is 41.5 Å². The highest BCUT2D eigenvalue weighted by Crippen LogP contribution is 2.36. The van der Waals surface area contributed by atoms with Crippen LogP contribution < -0.4 is 0 Å². The Hall–Kier alpha value is -2.10. The predicted molar refractivity (Wildman–Crippen MR) is 93.3 cm³/mol. The summed E-state index contributed by atoms with van der Waals surface area (Å²) in [6.45, 7) is 1.58. The normalized spacial score (nSPS) is 24.3. The van der Waals surface area contributed by atoms with Gasteiger partial charge >= 0.3 is 5.97 Å². The molecule has 0 bridgehead atoms. The Morgan fingerprint density at radius 3 is 2.50 bits per heavy atom. The van der Waals surface area contributed by atoms with E-state index in [0.717, 1.165) is 31.0 Å². The first-order chi connectivity index (χ1) is 11.6. The van der Waals surface area contributed by atoms with Gasteiger partial charge in [0.25, 0.3) is 0 Å². The van der Waals surface area contributed by atoms with Crippen molar-refractivity contribution in [3.63, 3.8) is 0 Å². The zero-order valence-corrected chi connectivity index (χ0v) is 14.0. The second-order valence-electron chi connectivity index (χ2n) is 7.00. The van der Waals surface area contributed by atoms with Crippen molar-refractivity contribution in [1.82, 2.24) is 4.90 Å². The van der Waals surface area contributed by atoms with Gasteiger partial charge in [-0.05, 0) is 36.3 Å². The van der Waals surface area contributed by atoms with Crippen molar-refractivity contribution < 1.29 is 14.7 Å². The minimum absolute atomic E-state index is 0.0262. The summed E-state index contributed by atoms with van der Waals surface area (Å²) in [7, 11) is 0. The van der Waals surface area contributed by atoms with Crippen molar-refractivity contribution in [2.45, 2.75) is 38.5 Å². The third-order valence-corrected chi connectivity index (χ3v) is 5.40. The van der Waals surface area contributed by atoms with E-state index in [4.69, 9.17) is 0 Å². The molecule has 2 fully saturated rings. The number of hydrogen-bond acceptors (Lipinski definition) is 2. The maximum Gasteiger partial charge on any atom is 0.332 e. The number of amides is 1. The molecule has 1 saturated heterocycles. The molecule has 0 aromatic heterocycles. The molecule has 3 rings (SSSR count). The van der Waals surface area contributed by atoms with Crippen molar-refractivity contribution in [3.8, 4) is 0 Å². The topological polar surface area (TPSA) is 57.6 Å². The number of hydrogen-bond donors (Lipinski definition) is 1. The molecule has 2 unspecified atom stereocenters. The molecule has 1 aliphatic carbocycles. The Morgan fingerprint density at radius 2 is 1.79 bits per heavy atom. The van der Waals surface area contributed by atoms with Gasteiger partial charge in [0, 0.05) is 18.7 Å². The lowest BCUT2D eigenvalue weighted by molar-refractivity contribution is -0.137. The fraction of sp³-hybridized carbons (Fsp3) is 0.500. The Kier molecular flexibility index (Phi) is 5.34. The van der Waals surface area contributed by atoms with E-state index in [0.29, 0.717) is 5.92 Å². The molecular formula is C20H25NO3. The largest absolute Gasteiger partial charge is 0.478 e. The maximum absolute atomic E-state index is 12.6. The Morgan fingerprint density at radius 1 is 1.08 bits per heavy atom. The molecule has 1 aromatic rings. The maximum atomic E-state index is 12.6. The Bertz CT molecular complexity index is 623. The van der Waals surface area contributed by atoms with Gasteiger partial charge in [0.05, 0.1) is 6.42 Å². The quantitative estimate of drug-likeness (QED) is 0.860. The highest BCUT2D eigenvalue weighted by molar-refractivity contribution is 5.98. The summed E-state index contributed by atoms with van der Waals surface area (Å²) in [6, 6.07) is 9.31. The van der Waals surface area contributed by atoms with Gasteiger partial charge in [-0.2, -0.15) is 0 Å². The molecule has 0 spiro atoms. The molecule has 4 heteroatoms. The van der Waals surface area contributed by atoms with E-state index in [1.807, 2.05) is 35.2 Å². The molecule has 24 heavy (non-hydrogen) atoms. The van der Waals surface area contributed by atoms with Crippen molar-refractivity contribution in [2.24, 2.45) is 11.8 Å². The molecule has 1 saturated carbocycles. The van der Waals surface area contributed by atoms with Crippen LogP contribution in [0.1, 0.15) is 44.1 Å². The number of carboxylic acid groups (broad SMARTS) is 1. The van der Waals surface area contributed by atoms with E-state index in [-0.39, 0.29) is 17.9 Å². The molecule has 128 valence electrons. The van der Waals surface area contributed by atoms with Gasteiger partial charge in [-0.1, -0.05) is 49.6 Å². The number of piperidine rings is 1. The SMILES string of the molecule is O=C(O)C(=Cc1ccccc1)CC(=O)N1CCC2CCCCC2C1. The van der Waals surface area contributed by atoms with Crippen LogP contribution in [0, 0.1) is 11.8 Å². The summed E-state index contributed by atoms with van der Waals surface area (Å²) in [5.41, 5.74) is 0.977. The van der Waals surface area contributed by atoms with Crippen molar-refractivity contribution in [1.29, 1.82) is 0 Å². The molecule has 0 radical (unpaired) electrons. The number of carbonyl (C=O) groups is 2. The van der Waals surface area contributed by atoms with Gasteiger partial charge in [0.1, 0.15) is 0 Å². The average molecular weight is 327 g/mol. The molecule has 2 atom stereocenters. The van der Waals surface area contributed by atoms with Crippen LogP contribution in [0.5, 0.6) is 0 Å². The fourth-order valence-corrected chi connectivity index (χ4v) is 4.04. The van der Waals surface area contributed by atoms with Gasteiger partial charge in [-0.15, -0.1) is 0 Å². The number of aliphatic carboxylic acids is 1. The third-order valence-electron chi connectivity index (χ3n) is 5.40. The number of rotatable bonds is 4. The lowest BCUT2D eigenvalue weighted by Gasteiger charge is -2.41.